The molecule has 0 spiro atoms. The fraction of sp³-hybridized carbons (Fsp3) is 0.933. The molecular formula is C15H31Cl2N3O. The Morgan fingerprint density at radius 3 is 2.29 bits per heavy atom. The Morgan fingerprint density at radius 1 is 1.24 bits per heavy atom. The first-order valence-corrected chi connectivity index (χ1v) is 7.48. The maximum absolute atomic E-state index is 12.4. The molecule has 0 heterocycles. The van der Waals surface area contributed by atoms with Crippen LogP contribution in [-0.2, 0) is 4.79 Å². The van der Waals surface area contributed by atoms with E-state index in [1.54, 1.807) is 0 Å². The molecule has 0 aromatic heterocycles. The van der Waals surface area contributed by atoms with Crippen molar-refractivity contribution in [2.24, 2.45) is 28.9 Å². The molecule has 21 heavy (non-hydrogen) atoms. The normalized spacial score (nSPS) is 30.8. The zero-order valence-corrected chi connectivity index (χ0v) is 15.2. The zero-order chi connectivity index (χ0) is 14.2. The molecule has 4 unspecified atom stereocenters. The molecule has 4 nitrogen and oxygen atoms in total. The number of carbonyl (C=O) groups is 1. The van der Waals surface area contributed by atoms with Crippen LogP contribution in [0.4, 0.5) is 0 Å². The lowest BCUT2D eigenvalue weighted by Crippen LogP contribution is -2.48. The number of halogens is 2. The predicted molar refractivity (Wildman–Crippen MR) is 92.1 cm³/mol. The lowest BCUT2D eigenvalue weighted by atomic mass is 9.84. The summed E-state index contributed by atoms with van der Waals surface area (Å²) in [7, 11) is 4.13. The van der Waals surface area contributed by atoms with Crippen molar-refractivity contribution in [2.45, 2.75) is 39.2 Å². The molecule has 0 radical (unpaired) electrons. The van der Waals surface area contributed by atoms with E-state index >= 15 is 0 Å². The van der Waals surface area contributed by atoms with Crippen molar-refractivity contribution in [3.63, 3.8) is 0 Å². The number of hydrogen-bond donors (Lipinski definition) is 2. The van der Waals surface area contributed by atoms with Gasteiger partial charge in [0, 0.05) is 19.1 Å². The molecule has 2 aliphatic carbocycles. The fourth-order valence-electron chi connectivity index (χ4n) is 4.08. The van der Waals surface area contributed by atoms with E-state index in [0.717, 1.165) is 13.1 Å². The monoisotopic (exact) mass is 339 g/mol. The predicted octanol–water partition coefficient (Wildman–Crippen LogP) is 1.91. The van der Waals surface area contributed by atoms with E-state index in [1.165, 1.54) is 19.3 Å². The quantitative estimate of drug-likeness (QED) is 0.804. The highest BCUT2D eigenvalue weighted by atomic mass is 35.5. The molecule has 2 fully saturated rings. The van der Waals surface area contributed by atoms with Gasteiger partial charge >= 0.3 is 0 Å². The van der Waals surface area contributed by atoms with Gasteiger partial charge in [-0.25, -0.2) is 0 Å². The third-order valence-corrected chi connectivity index (χ3v) is 4.77. The van der Waals surface area contributed by atoms with Crippen molar-refractivity contribution in [3.05, 3.63) is 0 Å². The van der Waals surface area contributed by atoms with E-state index < -0.39 is 0 Å². The van der Waals surface area contributed by atoms with Crippen molar-refractivity contribution in [1.82, 2.24) is 10.2 Å². The minimum atomic E-state index is 0. The Hall–Kier alpha value is -0.0300. The zero-order valence-electron chi connectivity index (χ0n) is 13.6. The first kappa shape index (κ1) is 21.0. The van der Waals surface area contributed by atoms with Gasteiger partial charge in [-0.3, -0.25) is 4.79 Å². The molecule has 0 saturated heterocycles. The Balaban J connectivity index is 0.00000200. The van der Waals surface area contributed by atoms with Crippen molar-refractivity contribution in [3.8, 4) is 0 Å². The number of carbonyl (C=O) groups excluding carboxylic acids is 1. The largest absolute Gasteiger partial charge is 0.355 e. The number of rotatable bonds is 5. The van der Waals surface area contributed by atoms with Crippen molar-refractivity contribution >= 4 is 30.7 Å². The van der Waals surface area contributed by atoms with E-state index in [-0.39, 0.29) is 48.1 Å². The fourth-order valence-corrected chi connectivity index (χ4v) is 4.08. The summed E-state index contributed by atoms with van der Waals surface area (Å²) >= 11 is 0. The molecule has 1 amide bonds. The third kappa shape index (κ3) is 4.98. The van der Waals surface area contributed by atoms with Gasteiger partial charge in [0.15, 0.2) is 0 Å². The van der Waals surface area contributed by atoms with E-state index in [9.17, 15) is 4.79 Å². The van der Waals surface area contributed by atoms with E-state index in [0.29, 0.717) is 11.8 Å². The van der Waals surface area contributed by atoms with Crippen LogP contribution in [0, 0.1) is 23.2 Å². The summed E-state index contributed by atoms with van der Waals surface area (Å²) in [5.41, 5.74) is 6.31. The van der Waals surface area contributed by atoms with E-state index in [1.807, 2.05) is 0 Å². The molecule has 0 aromatic rings. The second kappa shape index (κ2) is 8.00. The maximum atomic E-state index is 12.4. The van der Waals surface area contributed by atoms with Gasteiger partial charge in [0.2, 0.25) is 5.91 Å². The summed E-state index contributed by atoms with van der Waals surface area (Å²) in [5.74, 6) is 1.38. The number of nitrogens with zero attached hydrogens (tertiary/aromatic N) is 1. The number of amides is 1. The van der Waals surface area contributed by atoms with Crippen LogP contribution in [0.3, 0.4) is 0 Å². The average molecular weight is 340 g/mol. The van der Waals surface area contributed by atoms with Crippen LogP contribution in [0.5, 0.6) is 0 Å². The van der Waals surface area contributed by atoms with Crippen LogP contribution >= 0.6 is 24.8 Å². The van der Waals surface area contributed by atoms with Crippen LogP contribution in [0.2, 0.25) is 0 Å². The van der Waals surface area contributed by atoms with Gasteiger partial charge in [-0.2, -0.15) is 0 Å². The lowest BCUT2D eigenvalue weighted by Gasteiger charge is -2.31. The highest BCUT2D eigenvalue weighted by Crippen LogP contribution is 2.47. The Morgan fingerprint density at radius 2 is 1.81 bits per heavy atom. The summed E-state index contributed by atoms with van der Waals surface area (Å²) < 4.78 is 0. The summed E-state index contributed by atoms with van der Waals surface area (Å²) in [6.07, 6.45) is 3.58. The van der Waals surface area contributed by atoms with Crippen LogP contribution in [0.25, 0.3) is 0 Å². The van der Waals surface area contributed by atoms with Crippen molar-refractivity contribution in [2.75, 3.05) is 27.2 Å². The van der Waals surface area contributed by atoms with Gasteiger partial charge in [-0.1, -0.05) is 13.8 Å². The van der Waals surface area contributed by atoms with Crippen LogP contribution in [0.1, 0.15) is 33.1 Å². The number of nitrogens with one attached hydrogen (secondary N) is 1. The third-order valence-electron chi connectivity index (χ3n) is 4.77. The smallest absolute Gasteiger partial charge is 0.224 e. The summed E-state index contributed by atoms with van der Waals surface area (Å²) in [6, 6.07) is 0.0933. The molecule has 2 aliphatic rings. The molecule has 6 heteroatoms. The van der Waals surface area contributed by atoms with Gasteiger partial charge in [0.1, 0.15) is 0 Å². The van der Waals surface area contributed by atoms with Crippen LogP contribution in [0.15, 0.2) is 0 Å². The van der Waals surface area contributed by atoms with Gasteiger partial charge in [0.25, 0.3) is 0 Å². The minimum Gasteiger partial charge on any atom is -0.355 e. The number of nitrogens with two attached hydrogens (primary N) is 1. The van der Waals surface area contributed by atoms with E-state index in [2.05, 4.69) is 38.2 Å². The summed E-state index contributed by atoms with van der Waals surface area (Å²) in [4.78, 5) is 14.5. The average Bonchev–Trinajstić information content (AvgIpc) is 2.84. The van der Waals surface area contributed by atoms with Gasteiger partial charge < -0.3 is 16.0 Å². The topological polar surface area (TPSA) is 58.4 Å². The van der Waals surface area contributed by atoms with Gasteiger partial charge in [-0.05, 0) is 50.6 Å². The molecule has 0 aromatic carbocycles. The Kier molecular flexibility index (Phi) is 7.99. The summed E-state index contributed by atoms with van der Waals surface area (Å²) in [5, 5.41) is 3.14. The van der Waals surface area contributed by atoms with Crippen LogP contribution in [-0.4, -0.2) is 44.0 Å². The minimum absolute atomic E-state index is 0. The highest BCUT2D eigenvalue weighted by molar-refractivity contribution is 5.85. The SMILES string of the molecule is CN(C)CC(C)(C)CNC(=O)C1C2CCC(C2)C1N.Cl.Cl. The second-order valence-corrected chi connectivity index (χ2v) is 7.56. The van der Waals surface area contributed by atoms with Gasteiger partial charge in [0.05, 0.1) is 5.92 Å². The molecule has 2 saturated carbocycles. The molecule has 3 N–H and O–H groups in total. The second-order valence-electron chi connectivity index (χ2n) is 7.56. The number of fused-ring (bicyclic) bond motifs is 2. The molecular weight excluding hydrogens is 309 g/mol. The number of hydrogen-bond acceptors (Lipinski definition) is 3. The maximum Gasteiger partial charge on any atom is 0.224 e. The van der Waals surface area contributed by atoms with E-state index in [4.69, 9.17) is 5.73 Å². The van der Waals surface area contributed by atoms with Crippen molar-refractivity contribution < 1.29 is 4.79 Å². The molecule has 2 rings (SSSR count). The van der Waals surface area contributed by atoms with Gasteiger partial charge in [-0.15, -0.1) is 24.8 Å². The Labute approximate surface area is 141 Å². The van der Waals surface area contributed by atoms with Crippen LogP contribution < -0.4 is 11.1 Å². The Bertz CT molecular complexity index is 348. The first-order valence-electron chi connectivity index (χ1n) is 7.48. The lowest BCUT2D eigenvalue weighted by molar-refractivity contribution is -0.127. The van der Waals surface area contributed by atoms with Crippen molar-refractivity contribution in [1.29, 1.82) is 0 Å². The molecule has 0 aliphatic heterocycles. The molecule has 2 bridgehead atoms. The molecule has 4 atom stereocenters. The summed E-state index contributed by atoms with van der Waals surface area (Å²) in [6.45, 7) is 6.07. The highest BCUT2D eigenvalue weighted by Gasteiger charge is 2.49. The standard InChI is InChI=1S/C15H29N3O.2ClH/c1-15(2,9-18(3)4)8-17-14(19)12-10-5-6-11(7-10)13(12)16;;/h10-13H,5-9,16H2,1-4H3,(H,17,19);2*1H. The first-order chi connectivity index (χ1) is 8.80. The molecule has 126 valence electrons.